The number of allylic oxidation sites excluding steroid dienone is 1. The highest BCUT2D eigenvalue weighted by Crippen LogP contribution is 2.46. The Hall–Kier alpha value is -3.07. The number of rotatable bonds is 3. The van der Waals surface area contributed by atoms with Crippen LogP contribution in [0.2, 0.25) is 5.02 Å². The van der Waals surface area contributed by atoms with Crippen LogP contribution in [0.15, 0.2) is 76.0 Å². The van der Waals surface area contributed by atoms with Crippen LogP contribution in [-0.2, 0) is 11.3 Å². The summed E-state index contributed by atoms with van der Waals surface area (Å²) in [5, 5.41) is 7.32. The minimum Gasteiger partial charge on any atom is -0.337 e. The predicted octanol–water partition coefficient (Wildman–Crippen LogP) is 3.63. The molecule has 1 aromatic heterocycles. The Morgan fingerprint density at radius 2 is 1.91 bits per heavy atom. The quantitative estimate of drug-likeness (QED) is 0.522. The highest BCUT2D eigenvalue weighted by atomic mass is 35.5. The second kappa shape index (κ2) is 8.37. The van der Waals surface area contributed by atoms with E-state index in [9.17, 15) is 9.59 Å². The maximum Gasteiger partial charge on any atom is 0.283 e. The third-order valence-electron chi connectivity index (χ3n) is 5.42. The molecule has 166 valence electrons. The molecule has 2 aliphatic heterocycles. The van der Waals surface area contributed by atoms with Gasteiger partial charge in [0, 0.05) is 23.5 Å². The van der Waals surface area contributed by atoms with Crippen LogP contribution < -0.4 is 24.7 Å². The molecule has 0 unspecified atom stereocenters. The zero-order valence-corrected chi connectivity index (χ0v) is 20.3. The molecule has 5 rings (SSSR count). The van der Waals surface area contributed by atoms with Crippen molar-refractivity contribution in [3.8, 4) is 0 Å². The molecule has 0 fully saturated rings. The Balaban J connectivity index is 1.74. The number of halogens is 1. The molecule has 3 aromatic rings. The predicted molar refractivity (Wildman–Crippen MR) is 138 cm³/mol. The molecular formula is C24H19ClN4O2S2. The van der Waals surface area contributed by atoms with Gasteiger partial charge in [-0.2, -0.15) is 10.1 Å². The number of aromatic nitrogens is 1. The summed E-state index contributed by atoms with van der Waals surface area (Å²) in [7, 11) is 1.92. The monoisotopic (exact) mass is 494 g/mol. The number of hydrogen-bond acceptors (Lipinski definition) is 6. The first kappa shape index (κ1) is 21.8. The molecule has 0 aliphatic carbocycles. The van der Waals surface area contributed by atoms with Gasteiger partial charge in [-0.05, 0) is 37.3 Å². The van der Waals surface area contributed by atoms with E-state index in [1.54, 1.807) is 17.6 Å². The lowest BCUT2D eigenvalue weighted by molar-refractivity contribution is -0.112. The number of thiazole rings is 1. The fraction of sp³-hybridized carbons (Fsp3) is 0.125. The van der Waals surface area contributed by atoms with Gasteiger partial charge in [0.15, 0.2) is 0 Å². The lowest BCUT2D eigenvalue weighted by Crippen LogP contribution is -2.35. The van der Waals surface area contributed by atoms with Gasteiger partial charge in [0.25, 0.3) is 11.5 Å². The number of amides is 1. The largest absolute Gasteiger partial charge is 0.337 e. The van der Waals surface area contributed by atoms with E-state index in [-0.39, 0.29) is 11.5 Å². The fourth-order valence-corrected chi connectivity index (χ4v) is 6.54. The van der Waals surface area contributed by atoms with Gasteiger partial charge < -0.3 is 4.90 Å². The Kier molecular flexibility index (Phi) is 5.52. The van der Waals surface area contributed by atoms with Gasteiger partial charge >= 0.3 is 0 Å². The Labute approximate surface area is 203 Å². The van der Waals surface area contributed by atoms with E-state index in [1.807, 2.05) is 60.5 Å². The Morgan fingerprint density at radius 3 is 2.64 bits per heavy atom. The standard InChI is InChI=1S/C24H19ClN4O2S2/c1-4-12-28-22(31)20(24-27(3)17-13-15(25)10-11-18(17)32-24)33-23(28)19-14(2)26-29(21(19)30)16-8-6-5-7-9-16/h4-11,13H,1,12H2,2-3H3/b23-19-,24-20-. The molecule has 0 saturated carbocycles. The van der Waals surface area contributed by atoms with E-state index in [1.165, 1.54) is 28.1 Å². The van der Waals surface area contributed by atoms with E-state index in [0.29, 0.717) is 37.7 Å². The number of hydrazone groups is 1. The van der Waals surface area contributed by atoms with Crippen molar-refractivity contribution in [3.63, 3.8) is 0 Å². The third kappa shape index (κ3) is 3.55. The van der Waals surface area contributed by atoms with Crippen molar-refractivity contribution in [2.45, 2.75) is 18.4 Å². The van der Waals surface area contributed by atoms with E-state index < -0.39 is 0 Å². The van der Waals surface area contributed by atoms with Crippen LogP contribution in [0.4, 0.5) is 11.4 Å². The number of hydrogen-bond donors (Lipinski definition) is 0. The molecule has 0 saturated heterocycles. The van der Waals surface area contributed by atoms with Crippen LogP contribution in [0.5, 0.6) is 0 Å². The number of carbonyl (C=O) groups is 1. The smallest absolute Gasteiger partial charge is 0.283 e. The zero-order chi connectivity index (χ0) is 23.3. The van der Waals surface area contributed by atoms with Gasteiger partial charge in [-0.1, -0.05) is 47.6 Å². The zero-order valence-electron chi connectivity index (χ0n) is 17.9. The third-order valence-corrected chi connectivity index (χ3v) is 8.21. The maximum absolute atomic E-state index is 13.5. The van der Waals surface area contributed by atoms with Crippen molar-refractivity contribution >= 4 is 68.3 Å². The topological polar surface area (TPSA) is 57.9 Å². The number of para-hydroxylation sites is 1. The molecule has 3 heterocycles. The van der Waals surface area contributed by atoms with Crippen molar-refractivity contribution in [2.24, 2.45) is 5.10 Å². The van der Waals surface area contributed by atoms with Crippen LogP contribution >= 0.6 is 34.7 Å². The molecular weight excluding hydrogens is 476 g/mol. The van der Waals surface area contributed by atoms with Gasteiger partial charge in [0.1, 0.15) is 14.2 Å². The molecule has 0 spiro atoms. The molecule has 0 N–H and O–H groups in total. The molecule has 0 atom stereocenters. The maximum atomic E-state index is 13.5. The summed E-state index contributed by atoms with van der Waals surface area (Å²) in [5.41, 5.74) is 2.47. The van der Waals surface area contributed by atoms with Gasteiger partial charge in [0.05, 0.1) is 22.7 Å². The highest BCUT2D eigenvalue weighted by molar-refractivity contribution is 8.08. The van der Waals surface area contributed by atoms with Crippen molar-refractivity contribution in [1.29, 1.82) is 0 Å². The fourth-order valence-electron chi connectivity index (χ4n) is 3.84. The molecule has 6 nitrogen and oxygen atoms in total. The van der Waals surface area contributed by atoms with Gasteiger partial charge in [-0.3, -0.25) is 14.2 Å². The van der Waals surface area contributed by atoms with Crippen LogP contribution in [0.3, 0.4) is 0 Å². The van der Waals surface area contributed by atoms with Crippen molar-refractivity contribution in [1.82, 2.24) is 4.57 Å². The molecule has 9 heteroatoms. The second-order valence-corrected chi connectivity index (χ2v) is 10.00. The summed E-state index contributed by atoms with van der Waals surface area (Å²) in [5.74, 6) is -0.253. The Bertz CT molecular complexity index is 1520. The van der Waals surface area contributed by atoms with E-state index in [4.69, 9.17) is 11.6 Å². The van der Waals surface area contributed by atoms with E-state index in [0.717, 1.165) is 15.6 Å². The van der Waals surface area contributed by atoms with Gasteiger partial charge in [0.2, 0.25) is 0 Å². The summed E-state index contributed by atoms with van der Waals surface area (Å²) in [6.45, 7) is 5.89. The average molecular weight is 495 g/mol. The van der Waals surface area contributed by atoms with Crippen LogP contribution in [0.1, 0.15) is 6.92 Å². The molecule has 2 aliphatic rings. The minimum atomic E-state index is -0.253. The normalized spacial score (nSPS) is 18.6. The summed E-state index contributed by atoms with van der Waals surface area (Å²) < 4.78 is 2.75. The number of thioether (sulfide) groups is 1. The number of nitrogens with zero attached hydrogens (tertiary/aromatic N) is 4. The first-order chi connectivity index (χ1) is 15.9. The summed E-state index contributed by atoms with van der Waals surface area (Å²) in [6, 6.07) is 14.9. The second-order valence-electron chi connectivity index (χ2n) is 7.53. The van der Waals surface area contributed by atoms with Crippen LogP contribution in [0.25, 0.3) is 10.6 Å². The molecule has 0 radical (unpaired) electrons. The molecule has 2 aromatic carbocycles. The lowest BCUT2D eigenvalue weighted by Gasteiger charge is -2.12. The summed E-state index contributed by atoms with van der Waals surface area (Å²) in [6.07, 6.45) is 1.66. The van der Waals surface area contributed by atoms with Crippen LogP contribution in [0, 0.1) is 0 Å². The Morgan fingerprint density at radius 1 is 1.15 bits per heavy atom. The van der Waals surface area contributed by atoms with Crippen LogP contribution in [-0.4, -0.2) is 23.2 Å². The van der Waals surface area contributed by atoms with Gasteiger partial charge in [-0.15, -0.1) is 17.9 Å². The SMILES string of the molecule is C=CCn1c(=O)/c(=C2/Sc3ccc(Cl)cc3N2C)s/c1=C1\C(=O)N(c2ccccc2)N=C1C. The number of benzene rings is 2. The highest BCUT2D eigenvalue weighted by Gasteiger charge is 2.32. The molecule has 1 amide bonds. The lowest BCUT2D eigenvalue weighted by atomic mass is 10.2. The number of carbonyl (C=O) groups excluding carboxylic acids is 1. The first-order valence-electron chi connectivity index (χ1n) is 10.2. The van der Waals surface area contributed by atoms with Crippen molar-refractivity contribution < 1.29 is 4.79 Å². The summed E-state index contributed by atoms with van der Waals surface area (Å²) in [4.78, 5) is 29.9. The van der Waals surface area contributed by atoms with Gasteiger partial charge in [-0.25, -0.2) is 0 Å². The molecule has 33 heavy (non-hydrogen) atoms. The first-order valence-corrected chi connectivity index (χ1v) is 12.2. The minimum absolute atomic E-state index is 0.158. The van der Waals surface area contributed by atoms with E-state index in [2.05, 4.69) is 11.7 Å². The van der Waals surface area contributed by atoms with Crippen molar-refractivity contribution in [2.75, 3.05) is 17.0 Å². The average Bonchev–Trinajstić information content (AvgIpc) is 3.40. The summed E-state index contributed by atoms with van der Waals surface area (Å²) >= 11 is 9.02. The number of fused-ring (bicyclic) bond motifs is 1. The van der Waals surface area contributed by atoms with Crippen molar-refractivity contribution in [3.05, 3.63) is 85.8 Å². The molecule has 0 bridgehead atoms. The number of anilines is 2. The van der Waals surface area contributed by atoms with E-state index >= 15 is 0 Å².